The van der Waals surface area contributed by atoms with E-state index in [1.807, 2.05) is 39.0 Å². The summed E-state index contributed by atoms with van der Waals surface area (Å²) < 4.78 is 15.5. The molecule has 1 unspecified atom stereocenters. The number of pyridine rings is 1. The van der Waals surface area contributed by atoms with E-state index in [-0.39, 0.29) is 11.9 Å². The van der Waals surface area contributed by atoms with Crippen molar-refractivity contribution < 1.29 is 24.2 Å². The van der Waals surface area contributed by atoms with Crippen LogP contribution < -0.4 is 4.74 Å². The van der Waals surface area contributed by atoms with E-state index in [0.29, 0.717) is 56.0 Å². The van der Waals surface area contributed by atoms with Crippen LogP contribution in [0.3, 0.4) is 0 Å². The number of fused-ring (bicyclic) bond motifs is 2. The zero-order chi connectivity index (χ0) is 30.2. The van der Waals surface area contributed by atoms with Gasteiger partial charge in [-0.25, -0.2) is 14.8 Å². The van der Waals surface area contributed by atoms with Gasteiger partial charge in [0, 0.05) is 56.0 Å². The molecule has 1 aliphatic rings. The number of likely N-dealkylation sites (tertiary alicyclic amines) is 1. The van der Waals surface area contributed by atoms with Gasteiger partial charge in [-0.15, -0.1) is 0 Å². The molecule has 2 amide bonds. The molecule has 3 aromatic heterocycles. The molecule has 0 aliphatic carbocycles. The van der Waals surface area contributed by atoms with Crippen molar-refractivity contribution in [1.29, 1.82) is 0 Å². The molecule has 0 spiro atoms. The highest BCUT2D eigenvalue weighted by Crippen LogP contribution is 2.35. The number of piperidine rings is 1. The highest BCUT2D eigenvalue weighted by molar-refractivity contribution is 6.00. The molecule has 42 heavy (non-hydrogen) atoms. The van der Waals surface area contributed by atoms with Crippen LogP contribution in [-0.4, -0.2) is 91.5 Å². The van der Waals surface area contributed by atoms with Crippen molar-refractivity contribution in [3.63, 3.8) is 0 Å². The Labute approximate surface area is 245 Å². The molecule has 5 rings (SSSR count). The Hall–Kier alpha value is -4.12. The molecular weight excluding hydrogens is 536 g/mol. The minimum atomic E-state index is -0.973. The van der Waals surface area contributed by atoms with Crippen LogP contribution in [0.15, 0.2) is 36.5 Å². The molecule has 4 heterocycles. The van der Waals surface area contributed by atoms with E-state index in [0.717, 1.165) is 34.5 Å². The highest BCUT2D eigenvalue weighted by Gasteiger charge is 2.37. The number of benzene rings is 1. The number of carbonyl (C=O) groups is 2. The van der Waals surface area contributed by atoms with Gasteiger partial charge in [-0.2, -0.15) is 0 Å². The first-order valence-corrected chi connectivity index (χ1v) is 14.4. The first-order valence-electron chi connectivity index (χ1n) is 14.4. The van der Waals surface area contributed by atoms with Gasteiger partial charge in [-0.1, -0.05) is 0 Å². The highest BCUT2D eigenvalue weighted by atomic mass is 16.5. The van der Waals surface area contributed by atoms with E-state index in [9.17, 15) is 14.7 Å². The minimum absolute atomic E-state index is 0.168. The van der Waals surface area contributed by atoms with Crippen molar-refractivity contribution in [3.05, 3.63) is 42.1 Å². The van der Waals surface area contributed by atoms with Crippen LogP contribution in [-0.2, 0) is 17.8 Å². The monoisotopic (exact) mass is 576 g/mol. The first kappa shape index (κ1) is 29.4. The number of methoxy groups -OCH3 is 2. The summed E-state index contributed by atoms with van der Waals surface area (Å²) in [7, 11) is 3.26. The third-order valence-corrected chi connectivity index (χ3v) is 7.97. The van der Waals surface area contributed by atoms with E-state index in [1.54, 1.807) is 31.4 Å². The van der Waals surface area contributed by atoms with Crippen molar-refractivity contribution in [2.45, 2.75) is 65.2 Å². The van der Waals surface area contributed by atoms with Crippen LogP contribution in [0.2, 0.25) is 0 Å². The Morgan fingerprint density at radius 3 is 2.62 bits per heavy atom. The number of aryl methyl sites for hydroxylation is 1. The lowest BCUT2D eigenvalue weighted by molar-refractivity contribution is 0.0315. The summed E-state index contributed by atoms with van der Waals surface area (Å²) in [6.07, 6.45) is 2.25. The van der Waals surface area contributed by atoms with Crippen LogP contribution in [0.25, 0.3) is 33.6 Å². The minimum Gasteiger partial charge on any atom is -0.494 e. The van der Waals surface area contributed by atoms with E-state index < -0.39 is 11.6 Å². The van der Waals surface area contributed by atoms with Gasteiger partial charge in [-0.3, -0.25) is 9.69 Å². The maximum absolute atomic E-state index is 13.9. The Bertz CT molecular complexity index is 1620. The molecule has 0 bridgehead atoms. The van der Waals surface area contributed by atoms with Crippen molar-refractivity contribution >= 4 is 34.1 Å². The number of ether oxygens (including phenoxy) is 2. The molecule has 1 atom stereocenters. The molecule has 224 valence electrons. The van der Waals surface area contributed by atoms with Gasteiger partial charge in [0.25, 0.3) is 5.91 Å². The summed E-state index contributed by atoms with van der Waals surface area (Å²) in [5.41, 5.74) is 3.10. The van der Waals surface area contributed by atoms with Crippen LogP contribution in [0.5, 0.6) is 5.75 Å². The summed E-state index contributed by atoms with van der Waals surface area (Å²) in [6, 6.07) is 9.34. The fourth-order valence-corrected chi connectivity index (χ4v) is 6.22. The normalized spacial score (nSPS) is 15.9. The number of aromatic nitrogens is 4. The predicted octanol–water partition coefficient (Wildman–Crippen LogP) is 5.11. The molecule has 11 nitrogen and oxygen atoms in total. The third-order valence-electron chi connectivity index (χ3n) is 7.97. The van der Waals surface area contributed by atoms with E-state index >= 15 is 0 Å². The number of carboxylic acid groups (broad SMARTS) is 1. The van der Waals surface area contributed by atoms with Crippen LogP contribution in [0, 0.1) is 0 Å². The molecule has 1 N–H and O–H groups in total. The lowest BCUT2D eigenvalue weighted by Crippen LogP contribution is -2.57. The molecule has 0 radical (unpaired) electrons. The molecule has 1 fully saturated rings. The van der Waals surface area contributed by atoms with Crippen LogP contribution >= 0.6 is 0 Å². The second-order valence-corrected chi connectivity index (χ2v) is 11.7. The first-order chi connectivity index (χ1) is 20.1. The van der Waals surface area contributed by atoms with Crippen molar-refractivity contribution in [3.8, 4) is 17.3 Å². The lowest BCUT2D eigenvalue weighted by Gasteiger charge is -2.44. The Kier molecular flexibility index (Phi) is 8.14. The SMILES string of the molecule is CCn1c(-c2nc3cc(C(=O)N4CCCC(N(C(=O)O)C(C)(C)C)C4)cc(OC)c3n2CCOC)cc2cccnc21. The Morgan fingerprint density at radius 1 is 1.17 bits per heavy atom. The molecular formula is C31H40N6O5. The fraction of sp³-hybridized carbons (Fsp3) is 0.484. The summed E-state index contributed by atoms with van der Waals surface area (Å²) in [5, 5.41) is 11.0. The van der Waals surface area contributed by atoms with Gasteiger partial charge in [0.15, 0.2) is 5.82 Å². The zero-order valence-corrected chi connectivity index (χ0v) is 25.3. The number of nitrogens with zero attached hydrogens (tertiary/aromatic N) is 6. The molecule has 0 saturated carbocycles. The van der Waals surface area contributed by atoms with Crippen LogP contribution in [0.4, 0.5) is 4.79 Å². The summed E-state index contributed by atoms with van der Waals surface area (Å²) in [4.78, 5) is 38.9. The smallest absolute Gasteiger partial charge is 0.408 e. The van der Waals surface area contributed by atoms with Crippen molar-refractivity contribution in [2.24, 2.45) is 0 Å². The molecule has 1 aromatic carbocycles. The molecule has 1 saturated heterocycles. The number of rotatable bonds is 8. The topological polar surface area (TPSA) is 115 Å². The predicted molar refractivity (Wildman–Crippen MR) is 161 cm³/mol. The zero-order valence-electron chi connectivity index (χ0n) is 25.3. The second kappa shape index (κ2) is 11.6. The number of imidazole rings is 1. The molecule has 11 heteroatoms. The molecule has 4 aromatic rings. The third kappa shape index (κ3) is 5.29. The average molecular weight is 577 g/mol. The van der Waals surface area contributed by atoms with Gasteiger partial charge < -0.3 is 28.6 Å². The quantitative estimate of drug-likeness (QED) is 0.310. The average Bonchev–Trinajstić information content (AvgIpc) is 3.52. The lowest BCUT2D eigenvalue weighted by atomic mass is 9.97. The van der Waals surface area contributed by atoms with Crippen molar-refractivity contribution in [2.75, 3.05) is 33.9 Å². The number of carbonyl (C=O) groups excluding carboxylic acids is 1. The van der Waals surface area contributed by atoms with Gasteiger partial charge in [0.1, 0.15) is 16.9 Å². The van der Waals surface area contributed by atoms with E-state index in [4.69, 9.17) is 14.5 Å². The van der Waals surface area contributed by atoms with E-state index in [2.05, 4.69) is 27.1 Å². The van der Waals surface area contributed by atoms with Crippen molar-refractivity contribution in [1.82, 2.24) is 28.9 Å². The van der Waals surface area contributed by atoms with E-state index in [1.165, 1.54) is 4.90 Å². The van der Waals surface area contributed by atoms with Gasteiger partial charge in [-0.05, 0) is 70.9 Å². The molecule has 1 aliphatic heterocycles. The summed E-state index contributed by atoms with van der Waals surface area (Å²) in [6.45, 7) is 10.3. The fourth-order valence-electron chi connectivity index (χ4n) is 6.22. The number of hydrogen-bond acceptors (Lipinski definition) is 6. The second-order valence-electron chi connectivity index (χ2n) is 11.7. The largest absolute Gasteiger partial charge is 0.494 e. The number of hydrogen-bond donors (Lipinski definition) is 1. The standard InChI is InChI=1S/C31H40N6O5/c1-7-35-24(17-20-10-8-12-32-27(20)35)28-33-23-16-21(18-25(42-6)26(23)36(28)14-15-41-5)29(38)34-13-9-11-22(19-34)37(30(39)40)31(2,3)4/h8,10,12,16-18,22H,7,9,11,13-15,19H2,1-6H3,(H,39,40). The maximum Gasteiger partial charge on any atom is 0.408 e. The number of amides is 2. The summed E-state index contributed by atoms with van der Waals surface area (Å²) >= 11 is 0. The Balaban J connectivity index is 1.58. The van der Waals surface area contributed by atoms with Gasteiger partial charge in [0.2, 0.25) is 0 Å². The maximum atomic E-state index is 13.9. The Morgan fingerprint density at radius 2 is 1.95 bits per heavy atom. The van der Waals surface area contributed by atoms with Crippen LogP contribution in [0.1, 0.15) is 50.9 Å². The van der Waals surface area contributed by atoms with Gasteiger partial charge in [0.05, 0.1) is 31.0 Å². The van der Waals surface area contributed by atoms with Gasteiger partial charge >= 0.3 is 6.09 Å². The summed E-state index contributed by atoms with van der Waals surface area (Å²) in [5.74, 6) is 1.11.